The number of carbonyl (C=O) groups excluding carboxylic acids is 1. The van der Waals surface area contributed by atoms with Gasteiger partial charge in [-0.15, -0.1) is 0 Å². The lowest BCUT2D eigenvalue weighted by molar-refractivity contribution is -0.137. The van der Waals surface area contributed by atoms with E-state index in [1.54, 1.807) is 19.9 Å². The Morgan fingerprint density at radius 1 is 1.03 bits per heavy atom. The van der Waals surface area contributed by atoms with Crippen LogP contribution < -0.4 is 5.32 Å². The lowest BCUT2D eigenvalue weighted by atomic mass is 10.1. The highest BCUT2D eigenvalue weighted by atomic mass is 19.4. The van der Waals surface area contributed by atoms with Crippen molar-refractivity contribution >= 4 is 28.5 Å². The second kappa shape index (κ2) is 7.69. The molecule has 0 saturated carbocycles. The van der Waals surface area contributed by atoms with Crippen molar-refractivity contribution in [1.82, 2.24) is 9.97 Å². The van der Waals surface area contributed by atoms with Crippen LogP contribution in [0.4, 0.5) is 24.7 Å². The van der Waals surface area contributed by atoms with Crippen molar-refractivity contribution in [3.05, 3.63) is 58.8 Å². The number of nitrogens with zero attached hydrogens (tertiary/aromatic N) is 2. The standard InChI is InChI=1S/C21H20F3N3O2/c1-11(2)29-20(28)18-19(25-15-7-5-6-14(10-15)21(22,23)24)27-17-9-13(4)12(3)8-16(17)26-18/h5-11H,1-4H3,(H,25,27). The molecule has 0 atom stereocenters. The van der Waals surface area contributed by atoms with Crippen LogP contribution in [0.3, 0.4) is 0 Å². The predicted molar refractivity (Wildman–Crippen MR) is 104 cm³/mol. The summed E-state index contributed by atoms with van der Waals surface area (Å²) in [6, 6.07) is 8.27. The summed E-state index contributed by atoms with van der Waals surface area (Å²) < 4.78 is 44.3. The van der Waals surface area contributed by atoms with Gasteiger partial charge in [-0.05, 0) is 69.2 Å². The number of nitrogens with one attached hydrogen (secondary N) is 1. The van der Waals surface area contributed by atoms with Gasteiger partial charge in [-0.1, -0.05) is 6.07 Å². The van der Waals surface area contributed by atoms with Crippen molar-refractivity contribution in [3.63, 3.8) is 0 Å². The SMILES string of the molecule is Cc1cc2nc(Nc3cccc(C(F)(F)F)c3)c(C(=O)OC(C)C)nc2cc1C. The second-order valence-electron chi connectivity index (χ2n) is 7.00. The highest BCUT2D eigenvalue weighted by Crippen LogP contribution is 2.32. The van der Waals surface area contributed by atoms with E-state index in [2.05, 4.69) is 15.3 Å². The van der Waals surface area contributed by atoms with E-state index in [0.717, 1.165) is 23.3 Å². The highest BCUT2D eigenvalue weighted by Gasteiger charge is 2.30. The summed E-state index contributed by atoms with van der Waals surface area (Å²) in [6.07, 6.45) is -4.87. The van der Waals surface area contributed by atoms with Crippen molar-refractivity contribution in [2.45, 2.75) is 40.0 Å². The Balaban J connectivity index is 2.11. The van der Waals surface area contributed by atoms with Crippen LogP contribution in [0.2, 0.25) is 0 Å². The van der Waals surface area contributed by atoms with E-state index in [1.807, 2.05) is 19.9 Å². The monoisotopic (exact) mass is 403 g/mol. The number of aromatic nitrogens is 2. The molecule has 0 aliphatic carbocycles. The highest BCUT2D eigenvalue weighted by molar-refractivity contribution is 5.96. The number of alkyl halides is 3. The van der Waals surface area contributed by atoms with Crippen molar-refractivity contribution in [1.29, 1.82) is 0 Å². The Morgan fingerprint density at radius 3 is 2.24 bits per heavy atom. The molecule has 0 amide bonds. The fourth-order valence-corrected chi connectivity index (χ4v) is 2.72. The molecule has 1 aromatic heterocycles. The maximum atomic E-state index is 13.0. The Hall–Kier alpha value is -3.16. The van der Waals surface area contributed by atoms with Gasteiger partial charge in [-0.25, -0.2) is 14.8 Å². The van der Waals surface area contributed by atoms with Gasteiger partial charge in [0.2, 0.25) is 0 Å². The van der Waals surface area contributed by atoms with Crippen LogP contribution in [0.5, 0.6) is 0 Å². The van der Waals surface area contributed by atoms with E-state index < -0.39 is 17.7 Å². The largest absolute Gasteiger partial charge is 0.458 e. The molecular weight excluding hydrogens is 383 g/mol. The number of ether oxygens (including phenoxy) is 1. The van der Waals surface area contributed by atoms with Crippen molar-refractivity contribution in [2.75, 3.05) is 5.32 Å². The van der Waals surface area contributed by atoms with Crippen LogP contribution in [0.1, 0.15) is 41.0 Å². The van der Waals surface area contributed by atoms with E-state index >= 15 is 0 Å². The number of anilines is 2. The maximum Gasteiger partial charge on any atom is 0.416 e. The average molecular weight is 403 g/mol. The number of hydrogen-bond acceptors (Lipinski definition) is 5. The fourth-order valence-electron chi connectivity index (χ4n) is 2.72. The van der Waals surface area contributed by atoms with Crippen molar-refractivity contribution in [3.8, 4) is 0 Å². The van der Waals surface area contributed by atoms with Crippen LogP contribution in [0, 0.1) is 13.8 Å². The number of hydrogen-bond donors (Lipinski definition) is 1. The molecule has 3 rings (SSSR count). The smallest absolute Gasteiger partial charge is 0.416 e. The summed E-state index contributed by atoms with van der Waals surface area (Å²) in [4.78, 5) is 21.4. The first-order valence-corrected chi connectivity index (χ1v) is 8.99. The molecule has 0 aliphatic rings. The van der Waals surface area contributed by atoms with E-state index in [9.17, 15) is 18.0 Å². The van der Waals surface area contributed by atoms with Gasteiger partial charge >= 0.3 is 12.1 Å². The zero-order chi connectivity index (χ0) is 21.3. The molecule has 0 saturated heterocycles. The van der Waals surface area contributed by atoms with E-state index in [1.165, 1.54) is 12.1 Å². The van der Waals surface area contributed by atoms with Gasteiger partial charge in [0.1, 0.15) is 0 Å². The predicted octanol–water partition coefficient (Wildman–Crippen LogP) is 5.57. The number of halogens is 3. The normalized spacial score (nSPS) is 11.7. The van der Waals surface area contributed by atoms with Gasteiger partial charge in [0.05, 0.1) is 22.7 Å². The van der Waals surface area contributed by atoms with E-state index in [-0.39, 0.29) is 23.3 Å². The van der Waals surface area contributed by atoms with Crippen LogP contribution >= 0.6 is 0 Å². The number of aryl methyl sites for hydroxylation is 2. The summed E-state index contributed by atoms with van der Waals surface area (Å²) in [5.74, 6) is -0.673. The Morgan fingerprint density at radius 2 is 1.66 bits per heavy atom. The molecule has 0 aliphatic heterocycles. The molecule has 0 radical (unpaired) electrons. The molecule has 152 valence electrons. The first-order chi connectivity index (χ1) is 13.5. The topological polar surface area (TPSA) is 64.1 Å². The number of esters is 1. The Labute approximate surface area is 165 Å². The summed E-state index contributed by atoms with van der Waals surface area (Å²) in [5.41, 5.74) is 2.21. The number of fused-ring (bicyclic) bond motifs is 1. The maximum absolute atomic E-state index is 13.0. The van der Waals surface area contributed by atoms with Crippen LogP contribution in [-0.2, 0) is 10.9 Å². The molecule has 0 bridgehead atoms. The molecule has 0 fully saturated rings. The summed E-state index contributed by atoms with van der Waals surface area (Å²) in [6.45, 7) is 7.22. The van der Waals surface area contributed by atoms with Gasteiger partial charge in [-0.3, -0.25) is 0 Å². The van der Waals surface area contributed by atoms with Crippen LogP contribution in [0.15, 0.2) is 36.4 Å². The van der Waals surface area contributed by atoms with Gasteiger partial charge in [0.25, 0.3) is 0 Å². The molecule has 8 heteroatoms. The molecule has 5 nitrogen and oxygen atoms in total. The van der Waals surface area contributed by atoms with Gasteiger partial charge < -0.3 is 10.1 Å². The minimum atomic E-state index is -4.49. The number of carbonyl (C=O) groups is 1. The lowest BCUT2D eigenvalue weighted by Gasteiger charge is -2.15. The molecule has 3 aromatic rings. The molecule has 1 N–H and O–H groups in total. The van der Waals surface area contributed by atoms with Crippen molar-refractivity contribution in [2.24, 2.45) is 0 Å². The molecular formula is C21H20F3N3O2. The van der Waals surface area contributed by atoms with Crippen molar-refractivity contribution < 1.29 is 22.7 Å². The molecule has 0 spiro atoms. The Bertz CT molecular complexity index is 1080. The van der Waals surface area contributed by atoms with E-state index in [4.69, 9.17) is 4.74 Å². The third-order valence-electron chi connectivity index (χ3n) is 4.27. The average Bonchev–Trinajstić information content (AvgIpc) is 2.61. The summed E-state index contributed by atoms with van der Waals surface area (Å²) in [5, 5.41) is 2.79. The summed E-state index contributed by atoms with van der Waals surface area (Å²) in [7, 11) is 0. The molecule has 29 heavy (non-hydrogen) atoms. The molecule has 2 aromatic carbocycles. The first-order valence-electron chi connectivity index (χ1n) is 8.99. The lowest BCUT2D eigenvalue weighted by Crippen LogP contribution is -2.16. The zero-order valence-corrected chi connectivity index (χ0v) is 16.4. The van der Waals surface area contributed by atoms with Gasteiger partial charge in [-0.2, -0.15) is 13.2 Å². The van der Waals surface area contributed by atoms with Crippen LogP contribution in [0.25, 0.3) is 11.0 Å². The summed E-state index contributed by atoms with van der Waals surface area (Å²) >= 11 is 0. The number of rotatable bonds is 4. The fraction of sp³-hybridized carbons (Fsp3) is 0.286. The third kappa shape index (κ3) is 4.64. The van der Waals surface area contributed by atoms with Gasteiger partial charge in [0, 0.05) is 5.69 Å². The minimum absolute atomic E-state index is 0.0331. The van der Waals surface area contributed by atoms with Crippen LogP contribution in [-0.4, -0.2) is 22.0 Å². The first kappa shape index (κ1) is 20.6. The quantitative estimate of drug-likeness (QED) is 0.577. The molecule has 0 unspecified atom stereocenters. The Kier molecular flexibility index (Phi) is 5.46. The zero-order valence-electron chi connectivity index (χ0n) is 16.4. The van der Waals surface area contributed by atoms with E-state index in [0.29, 0.717) is 11.0 Å². The molecule has 1 heterocycles. The second-order valence-corrected chi connectivity index (χ2v) is 7.00. The number of benzene rings is 2. The third-order valence-corrected chi connectivity index (χ3v) is 4.27. The minimum Gasteiger partial charge on any atom is -0.458 e. The van der Waals surface area contributed by atoms with Gasteiger partial charge in [0.15, 0.2) is 11.5 Å².